The summed E-state index contributed by atoms with van der Waals surface area (Å²) in [5, 5.41) is 0. The number of ketones is 1. The minimum absolute atomic E-state index is 0.174. The van der Waals surface area contributed by atoms with Gasteiger partial charge < -0.3 is 4.74 Å². The van der Waals surface area contributed by atoms with Crippen molar-refractivity contribution in [1.29, 1.82) is 0 Å². The molecule has 0 bridgehead atoms. The maximum absolute atomic E-state index is 14.3. The highest BCUT2D eigenvalue weighted by Gasteiger charge is 2.67. The molecule has 2 unspecified atom stereocenters. The van der Waals surface area contributed by atoms with Crippen molar-refractivity contribution in [2.24, 2.45) is 5.92 Å². The Kier molecular flexibility index (Phi) is 8.51. The number of esters is 1. The van der Waals surface area contributed by atoms with Crippen molar-refractivity contribution in [3.05, 3.63) is 71.8 Å². The molecule has 4 nitrogen and oxygen atoms in total. The fraction of sp³-hybridized carbons (Fsp3) is 0.300. The largest absolute Gasteiger partial charge is 0.464 e. The molecular formula is C20H21F3O4P+. The second-order valence-corrected chi connectivity index (χ2v) is 6.30. The Morgan fingerprint density at radius 3 is 1.82 bits per heavy atom. The van der Waals surface area contributed by atoms with Crippen LogP contribution < -0.4 is 0 Å². The lowest BCUT2D eigenvalue weighted by molar-refractivity contribution is -0.198. The van der Waals surface area contributed by atoms with E-state index in [2.05, 4.69) is 0 Å². The van der Waals surface area contributed by atoms with Gasteiger partial charge in [0.25, 0.3) is 0 Å². The van der Waals surface area contributed by atoms with Crippen LogP contribution in [-0.2, 0) is 19.5 Å². The molecule has 8 heteroatoms. The van der Waals surface area contributed by atoms with Crippen LogP contribution in [0.25, 0.3) is 0 Å². The molecule has 2 aromatic carbocycles. The van der Waals surface area contributed by atoms with Gasteiger partial charge in [0.05, 0.1) is 6.61 Å². The van der Waals surface area contributed by atoms with Crippen molar-refractivity contribution in [1.82, 2.24) is 0 Å². The average Bonchev–Trinajstić information content (AvgIpc) is 2.68. The second kappa shape index (κ2) is 10.1. The lowest BCUT2D eigenvalue weighted by Crippen LogP contribution is -2.56. The molecule has 0 heterocycles. The Hall–Kier alpha value is -2.53. The van der Waals surface area contributed by atoms with Crippen LogP contribution in [0.4, 0.5) is 13.2 Å². The average molecular weight is 413 g/mol. The van der Waals surface area contributed by atoms with Crippen molar-refractivity contribution < 1.29 is 32.1 Å². The SMILES string of the molecule is CC(C)COC(=O)C(C(=O)c1ccccc1)(c1ccccc1)C(F)(F)F.O=[PH2+]. The van der Waals surface area contributed by atoms with E-state index >= 15 is 0 Å². The van der Waals surface area contributed by atoms with E-state index in [1.165, 1.54) is 51.6 Å². The first-order valence-electron chi connectivity index (χ1n) is 8.34. The summed E-state index contributed by atoms with van der Waals surface area (Å²) >= 11 is 0. The summed E-state index contributed by atoms with van der Waals surface area (Å²) in [4.78, 5) is 25.6. The maximum atomic E-state index is 14.3. The zero-order chi connectivity index (χ0) is 21.4. The topological polar surface area (TPSA) is 60.4 Å². The third-order valence-corrected chi connectivity index (χ3v) is 3.86. The molecule has 0 aliphatic rings. The molecule has 2 rings (SSSR count). The molecule has 0 amide bonds. The summed E-state index contributed by atoms with van der Waals surface area (Å²) in [5.74, 6) is -3.14. The molecule has 150 valence electrons. The standard InChI is InChI=1S/C20H19F3O3.H2OP/c1-14(2)13-26-18(25)19(20(21,22)23,16-11-7-4-8-12-16)17(24)15-9-5-3-6-10-15;1-2/h3-12,14H,13H2,1-2H3;2H2/q;+1. The first-order chi connectivity index (χ1) is 13.2. The number of Topliss-reactive ketones (excluding diaryl/α,β-unsaturated/α-hetero) is 1. The van der Waals surface area contributed by atoms with Gasteiger partial charge in [-0.2, -0.15) is 13.2 Å². The summed E-state index contributed by atoms with van der Waals surface area (Å²) in [6.07, 6.45) is -5.17. The number of ether oxygens (including phenoxy) is 1. The van der Waals surface area contributed by atoms with Crippen LogP contribution in [-0.4, -0.2) is 24.5 Å². The van der Waals surface area contributed by atoms with Crippen molar-refractivity contribution in [3.8, 4) is 0 Å². The number of hydrogen-bond acceptors (Lipinski definition) is 4. The van der Waals surface area contributed by atoms with Gasteiger partial charge in [-0.3, -0.25) is 9.59 Å². The van der Waals surface area contributed by atoms with Gasteiger partial charge in [0, 0.05) is 5.56 Å². The number of hydrogen-bond donors (Lipinski definition) is 0. The number of alkyl halides is 3. The monoisotopic (exact) mass is 413 g/mol. The predicted octanol–water partition coefficient (Wildman–Crippen LogP) is 4.78. The van der Waals surface area contributed by atoms with Crippen LogP contribution in [0.15, 0.2) is 60.7 Å². The van der Waals surface area contributed by atoms with E-state index in [0.29, 0.717) is 0 Å². The smallest absolute Gasteiger partial charge is 0.416 e. The third-order valence-electron chi connectivity index (χ3n) is 3.86. The molecule has 0 aliphatic heterocycles. The zero-order valence-corrected chi connectivity index (χ0v) is 16.6. The summed E-state index contributed by atoms with van der Waals surface area (Å²) in [5.41, 5.74) is -4.09. The van der Waals surface area contributed by atoms with E-state index < -0.39 is 28.9 Å². The molecule has 2 aromatic rings. The summed E-state index contributed by atoms with van der Waals surface area (Å²) < 4.78 is 55.8. The normalized spacial score (nSPS) is 13.1. The third kappa shape index (κ3) is 4.84. The molecule has 28 heavy (non-hydrogen) atoms. The Morgan fingerprint density at radius 1 is 0.929 bits per heavy atom. The Labute approximate surface area is 163 Å². The van der Waals surface area contributed by atoms with Gasteiger partial charge >= 0.3 is 21.3 Å². The van der Waals surface area contributed by atoms with Gasteiger partial charge in [-0.05, 0) is 11.5 Å². The van der Waals surface area contributed by atoms with Crippen LogP contribution in [0.5, 0.6) is 0 Å². The Morgan fingerprint density at radius 2 is 1.39 bits per heavy atom. The van der Waals surface area contributed by atoms with Gasteiger partial charge in [0.1, 0.15) is 0 Å². The first-order valence-corrected chi connectivity index (χ1v) is 8.81. The van der Waals surface area contributed by atoms with E-state index in [1.807, 2.05) is 0 Å². The predicted molar refractivity (Wildman–Crippen MR) is 101 cm³/mol. The van der Waals surface area contributed by atoms with Gasteiger partial charge in [-0.1, -0.05) is 79.1 Å². The first kappa shape index (κ1) is 23.5. The second-order valence-electron chi connectivity index (χ2n) is 6.30. The fourth-order valence-corrected chi connectivity index (χ4v) is 2.59. The van der Waals surface area contributed by atoms with Crippen LogP contribution in [0.2, 0.25) is 0 Å². The van der Waals surface area contributed by atoms with E-state index in [4.69, 9.17) is 9.30 Å². The Bertz CT molecular complexity index is 779. The van der Waals surface area contributed by atoms with Crippen LogP contribution in [0.3, 0.4) is 0 Å². The quantitative estimate of drug-likeness (QED) is 0.296. The molecule has 0 aromatic heterocycles. The van der Waals surface area contributed by atoms with E-state index in [0.717, 1.165) is 12.1 Å². The van der Waals surface area contributed by atoms with Crippen LogP contribution >= 0.6 is 9.12 Å². The highest BCUT2D eigenvalue weighted by atomic mass is 31.0. The molecule has 0 saturated heterocycles. The van der Waals surface area contributed by atoms with Gasteiger partial charge in [-0.15, -0.1) is 0 Å². The van der Waals surface area contributed by atoms with Gasteiger partial charge in [0.2, 0.25) is 5.41 Å². The molecular weight excluding hydrogens is 392 g/mol. The van der Waals surface area contributed by atoms with Crippen LogP contribution in [0, 0.1) is 5.92 Å². The zero-order valence-electron chi connectivity index (χ0n) is 15.4. The summed E-state index contributed by atoms with van der Waals surface area (Å²) in [6.45, 7) is 3.18. The lowest BCUT2D eigenvalue weighted by Gasteiger charge is -2.32. The molecule has 0 spiro atoms. The minimum Gasteiger partial charge on any atom is -0.464 e. The molecule has 0 N–H and O–H groups in total. The number of benzene rings is 2. The van der Waals surface area contributed by atoms with Crippen molar-refractivity contribution >= 4 is 20.9 Å². The lowest BCUT2D eigenvalue weighted by atomic mass is 9.73. The number of halogens is 3. The number of carbonyl (C=O) groups excluding carboxylic acids is 2. The Balaban J connectivity index is 0.00000190. The minimum atomic E-state index is -5.17. The van der Waals surface area contributed by atoms with E-state index in [9.17, 15) is 22.8 Å². The van der Waals surface area contributed by atoms with Crippen molar-refractivity contribution in [3.63, 3.8) is 0 Å². The molecule has 0 radical (unpaired) electrons. The van der Waals surface area contributed by atoms with E-state index in [-0.39, 0.29) is 18.1 Å². The van der Waals surface area contributed by atoms with Crippen molar-refractivity contribution in [2.45, 2.75) is 25.4 Å². The fourth-order valence-electron chi connectivity index (χ4n) is 2.59. The highest BCUT2D eigenvalue weighted by Crippen LogP contribution is 2.45. The molecule has 0 fully saturated rings. The maximum Gasteiger partial charge on any atom is 0.416 e. The number of carbonyl (C=O) groups is 2. The van der Waals surface area contributed by atoms with Gasteiger partial charge in [-0.25, -0.2) is 0 Å². The number of rotatable bonds is 6. The van der Waals surface area contributed by atoms with Gasteiger partial charge in [0.15, 0.2) is 5.78 Å². The van der Waals surface area contributed by atoms with Crippen molar-refractivity contribution in [2.75, 3.05) is 6.61 Å². The molecule has 0 saturated carbocycles. The highest BCUT2D eigenvalue weighted by molar-refractivity contribution is 7.00. The molecule has 2 atom stereocenters. The van der Waals surface area contributed by atoms with Crippen LogP contribution in [0.1, 0.15) is 29.8 Å². The summed E-state index contributed by atoms with van der Waals surface area (Å²) in [7, 11) is 1.17. The summed E-state index contributed by atoms with van der Waals surface area (Å²) in [6, 6.07) is 13.4. The van der Waals surface area contributed by atoms with E-state index in [1.54, 1.807) is 19.9 Å². The molecule has 0 aliphatic carbocycles.